The molecule has 1 unspecified atom stereocenters. The average molecular weight is 278 g/mol. The number of carbonyl (C=O) groups excluding carboxylic acids is 1. The summed E-state index contributed by atoms with van der Waals surface area (Å²) >= 11 is 0. The summed E-state index contributed by atoms with van der Waals surface area (Å²) < 4.78 is 5.48. The van der Waals surface area contributed by atoms with Gasteiger partial charge in [-0.1, -0.05) is 12.1 Å². The zero-order valence-corrected chi connectivity index (χ0v) is 11.8. The number of hydrogen-bond acceptors (Lipinski definition) is 4. The second-order valence-electron chi connectivity index (χ2n) is 5.05. The zero-order valence-electron chi connectivity index (χ0n) is 11.8. The SMILES string of the molecule is CCOc1ccccc1NC(=O)CN1CCC(CO)C1. The van der Waals surface area contributed by atoms with E-state index in [0.717, 1.165) is 19.5 Å². The van der Waals surface area contributed by atoms with Gasteiger partial charge in [0.25, 0.3) is 0 Å². The predicted molar refractivity (Wildman–Crippen MR) is 77.9 cm³/mol. The van der Waals surface area contributed by atoms with Crippen molar-refractivity contribution in [1.82, 2.24) is 4.90 Å². The average Bonchev–Trinajstić information content (AvgIpc) is 2.89. The maximum Gasteiger partial charge on any atom is 0.238 e. The number of ether oxygens (including phenoxy) is 1. The highest BCUT2D eigenvalue weighted by Crippen LogP contribution is 2.23. The number of nitrogens with zero attached hydrogens (tertiary/aromatic N) is 1. The van der Waals surface area contributed by atoms with Crippen LogP contribution in [0.5, 0.6) is 5.75 Å². The summed E-state index contributed by atoms with van der Waals surface area (Å²) in [6.07, 6.45) is 0.958. The number of para-hydroxylation sites is 2. The van der Waals surface area contributed by atoms with Gasteiger partial charge in [0.15, 0.2) is 0 Å². The zero-order chi connectivity index (χ0) is 14.4. The van der Waals surface area contributed by atoms with E-state index in [1.54, 1.807) is 0 Å². The fourth-order valence-corrected chi connectivity index (χ4v) is 2.45. The normalized spacial score (nSPS) is 19.0. The van der Waals surface area contributed by atoms with E-state index in [0.29, 0.717) is 30.5 Å². The Balaban J connectivity index is 1.88. The molecule has 0 aromatic heterocycles. The van der Waals surface area contributed by atoms with Crippen molar-refractivity contribution in [3.8, 4) is 5.75 Å². The highest BCUT2D eigenvalue weighted by molar-refractivity contribution is 5.93. The van der Waals surface area contributed by atoms with Gasteiger partial charge in [0.1, 0.15) is 5.75 Å². The molecule has 1 aromatic carbocycles. The second-order valence-corrected chi connectivity index (χ2v) is 5.05. The van der Waals surface area contributed by atoms with Crippen LogP contribution in [0.1, 0.15) is 13.3 Å². The quantitative estimate of drug-likeness (QED) is 0.824. The molecule has 0 radical (unpaired) electrons. The Morgan fingerprint density at radius 1 is 1.50 bits per heavy atom. The molecule has 1 fully saturated rings. The lowest BCUT2D eigenvalue weighted by Gasteiger charge is -2.16. The van der Waals surface area contributed by atoms with Crippen molar-refractivity contribution in [2.75, 3.05) is 38.2 Å². The molecule has 1 aliphatic rings. The summed E-state index contributed by atoms with van der Waals surface area (Å²) in [6.45, 7) is 4.69. The van der Waals surface area contributed by atoms with Gasteiger partial charge in [-0.05, 0) is 37.9 Å². The second kappa shape index (κ2) is 7.26. The highest BCUT2D eigenvalue weighted by Gasteiger charge is 2.23. The molecule has 0 saturated carbocycles. The maximum atomic E-state index is 12.0. The number of aliphatic hydroxyl groups excluding tert-OH is 1. The van der Waals surface area contributed by atoms with Crippen LogP contribution in [0.15, 0.2) is 24.3 Å². The first-order valence-electron chi connectivity index (χ1n) is 7.07. The van der Waals surface area contributed by atoms with Gasteiger partial charge in [-0.25, -0.2) is 0 Å². The number of anilines is 1. The highest BCUT2D eigenvalue weighted by atomic mass is 16.5. The number of likely N-dealkylation sites (tertiary alicyclic amines) is 1. The molecule has 1 atom stereocenters. The van der Waals surface area contributed by atoms with Crippen molar-refractivity contribution >= 4 is 11.6 Å². The minimum atomic E-state index is -0.0456. The van der Waals surface area contributed by atoms with Gasteiger partial charge in [-0.3, -0.25) is 9.69 Å². The number of amides is 1. The number of aliphatic hydroxyl groups is 1. The van der Waals surface area contributed by atoms with Gasteiger partial charge in [0.05, 0.1) is 18.8 Å². The monoisotopic (exact) mass is 278 g/mol. The van der Waals surface area contributed by atoms with Crippen LogP contribution in [0.25, 0.3) is 0 Å². The lowest BCUT2D eigenvalue weighted by atomic mass is 10.1. The largest absolute Gasteiger partial charge is 0.492 e. The summed E-state index contributed by atoms with van der Waals surface area (Å²) in [4.78, 5) is 14.1. The Bertz CT molecular complexity index is 450. The minimum Gasteiger partial charge on any atom is -0.492 e. The first-order valence-corrected chi connectivity index (χ1v) is 7.07. The molecular weight excluding hydrogens is 256 g/mol. The first kappa shape index (κ1) is 14.8. The molecule has 1 saturated heterocycles. The summed E-state index contributed by atoms with van der Waals surface area (Å²) in [5.41, 5.74) is 0.706. The van der Waals surface area contributed by atoms with Crippen molar-refractivity contribution in [3.63, 3.8) is 0 Å². The number of carbonyl (C=O) groups is 1. The smallest absolute Gasteiger partial charge is 0.238 e. The molecule has 0 bridgehead atoms. The van der Waals surface area contributed by atoms with E-state index in [1.807, 2.05) is 31.2 Å². The van der Waals surface area contributed by atoms with Gasteiger partial charge in [-0.15, -0.1) is 0 Å². The number of hydrogen-bond donors (Lipinski definition) is 2. The van der Waals surface area contributed by atoms with Crippen LogP contribution in [-0.4, -0.2) is 48.8 Å². The van der Waals surface area contributed by atoms with E-state index in [4.69, 9.17) is 9.84 Å². The number of benzene rings is 1. The molecular formula is C15H22N2O3. The molecule has 0 aliphatic carbocycles. The molecule has 1 aromatic rings. The summed E-state index contributed by atoms with van der Waals surface area (Å²) in [5, 5.41) is 12.0. The van der Waals surface area contributed by atoms with Gasteiger partial charge < -0.3 is 15.2 Å². The molecule has 5 heteroatoms. The third kappa shape index (κ3) is 3.95. The van der Waals surface area contributed by atoms with Crippen LogP contribution < -0.4 is 10.1 Å². The van der Waals surface area contributed by atoms with Crippen molar-refractivity contribution in [2.24, 2.45) is 5.92 Å². The van der Waals surface area contributed by atoms with Crippen LogP contribution in [0.2, 0.25) is 0 Å². The van der Waals surface area contributed by atoms with Crippen molar-refractivity contribution in [1.29, 1.82) is 0 Å². The third-order valence-corrected chi connectivity index (χ3v) is 3.46. The molecule has 2 N–H and O–H groups in total. The lowest BCUT2D eigenvalue weighted by Crippen LogP contribution is -2.32. The third-order valence-electron chi connectivity index (χ3n) is 3.46. The van der Waals surface area contributed by atoms with Gasteiger partial charge in [-0.2, -0.15) is 0 Å². The van der Waals surface area contributed by atoms with Crippen molar-refractivity contribution < 1.29 is 14.6 Å². The maximum absolute atomic E-state index is 12.0. The van der Waals surface area contributed by atoms with Crippen LogP contribution >= 0.6 is 0 Å². The predicted octanol–water partition coefficient (Wildman–Crippen LogP) is 1.34. The van der Waals surface area contributed by atoms with Crippen LogP contribution in [-0.2, 0) is 4.79 Å². The van der Waals surface area contributed by atoms with E-state index in [-0.39, 0.29) is 12.5 Å². The van der Waals surface area contributed by atoms with Gasteiger partial charge in [0, 0.05) is 13.2 Å². The van der Waals surface area contributed by atoms with E-state index < -0.39 is 0 Å². The van der Waals surface area contributed by atoms with Crippen LogP contribution in [0.3, 0.4) is 0 Å². The van der Waals surface area contributed by atoms with Gasteiger partial charge >= 0.3 is 0 Å². The summed E-state index contributed by atoms with van der Waals surface area (Å²) in [5.74, 6) is 0.951. The molecule has 0 spiro atoms. The van der Waals surface area contributed by atoms with Crippen LogP contribution in [0.4, 0.5) is 5.69 Å². The standard InChI is InChI=1S/C15H22N2O3/c1-2-20-14-6-4-3-5-13(14)16-15(19)10-17-8-7-12(9-17)11-18/h3-6,12,18H,2,7-11H2,1H3,(H,16,19). The number of nitrogens with one attached hydrogen (secondary N) is 1. The topological polar surface area (TPSA) is 61.8 Å². The lowest BCUT2D eigenvalue weighted by molar-refractivity contribution is -0.117. The Morgan fingerprint density at radius 2 is 2.30 bits per heavy atom. The molecule has 2 rings (SSSR count). The molecule has 1 heterocycles. The Morgan fingerprint density at radius 3 is 3.00 bits per heavy atom. The summed E-state index contributed by atoms with van der Waals surface area (Å²) in [7, 11) is 0. The van der Waals surface area contributed by atoms with E-state index in [1.165, 1.54) is 0 Å². The van der Waals surface area contributed by atoms with Crippen molar-refractivity contribution in [2.45, 2.75) is 13.3 Å². The van der Waals surface area contributed by atoms with Crippen molar-refractivity contribution in [3.05, 3.63) is 24.3 Å². The van der Waals surface area contributed by atoms with Crippen LogP contribution in [0, 0.1) is 5.92 Å². The Hall–Kier alpha value is -1.59. The van der Waals surface area contributed by atoms with E-state index >= 15 is 0 Å². The molecule has 110 valence electrons. The molecule has 1 aliphatic heterocycles. The minimum absolute atomic E-state index is 0.0456. The fourth-order valence-electron chi connectivity index (χ4n) is 2.45. The molecule has 5 nitrogen and oxygen atoms in total. The Kier molecular flexibility index (Phi) is 5.38. The Labute approximate surface area is 119 Å². The fraction of sp³-hybridized carbons (Fsp3) is 0.533. The summed E-state index contributed by atoms with van der Waals surface area (Å²) in [6, 6.07) is 7.43. The number of rotatable bonds is 6. The van der Waals surface area contributed by atoms with Gasteiger partial charge in [0.2, 0.25) is 5.91 Å². The van der Waals surface area contributed by atoms with E-state index in [2.05, 4.69) is 10.2 Å². The molecule has 1 amide bonds. The van der Waals surface area contributed by atoms with E-state index in [9.17, 15) is 4.79 Å². The molecule has 20 heavy (non-hydrogen) atoms. The first-order chi connectivity index (χ1) is 9.72.